The Morgan fingerprint density at radius 3 is 2.38 bits per heavy atom. The zero-order valence-electron chi connectivity index (χ0n) is 23.2. The average molecular weight is 574 g/mol. The summed E-state index contributed by atoms with van der Waals surface area (Å²) < 4.78 is 26.2. The number of anilines is 3. The number of aromatic nitrogens is 4. The lowest BCUT2D eigenvalue weighted by Gasteiger charge is -2.29. The van der Waals surface area contributed by atoms with Crippen molar-refractivity contribution in [1.82, 2.24) is 19.6 Å². The van der Waals surface area contributed by atoms with Crippen molar-refractivity contribution in [2.24, 2.45) is 5.92 Å². The van der Waals surface area contributed by atoms with E-state index in [0.717, 1.165) is 50.4 Å². The Morgan fingerprint density at radius 1 is 0.952 bits per heavy atom. The van der Waals surface area contributed by atoms with E-state index < -0.39 is 11.7 Å². The molecule has 2 fully saturated rings. The van der Waals surface area contributed by atoms with Crippen LogP contribution in [0.1, 0.15) is 55.4 Å². The van der Waals surface area contributed by atoms with Gasteiger partial charge in [-0.15, -0.1) is 5.10 Å². The van der Waals surface area contributed by atoms with Crippen LogP contribution in [0.25, 0.3) is 5.65 Å². The molecule has 2 saturated carbocycles. The van der Waals surface area contributed by atoms with Gasteiger partial charge in [-0.1, -0.05) is 0 Å². The molecule has 4 aromatic rings. The van der Waals surface area contributed by atoms with Crippen molar-refractivity contribution in [2.45, 2.75) is 57.0 Å². The predicted octanol–water partition coefficient (Wildman–Crippen LogP) is 5.07. The molecule has 11 nitrogen and oxygen atoms in total. The highest BCUT2D eigenvalue weighted by Crippen LogP contribution is 2.32. The van der Waals surface area contributed by atoms with Crippen LogP contribution in [0.2, 0.25) is 0 Å². The van der Waals surface area contributed by atoms with E-state index in [0.29, 0.717) is 35.4 Å². The predicted molar refractivity (Wildman–Crippen MR) is 154 cm³/mol. The van der Waals surface area contributed by atoms with E-state index in [4.69, 9.17) is 9.47 Å². The smallest absolute Gasteiger partial charge is 0.311 e. The normalized spacial score (nSPS) is 18.3. The number of amides is 1. The van der Waals surface area contributed by atoms with Crippen LogP contribution >= 0.6 is 0 Å². The summed E-state index contributed by atoms with van der Waals surface area (Å²) in [4.78, 5) is 33.7. The van der Waals surface area contributed by atoms with Crippen molar-refractivity contribution >= 4 is 34.7 Å². The maximum atomic E-state index is 14.1. The first-order valence-corrected chi connectivity index (χ1v) is 14.1. The number of halogens is 1. The lowest BCUT2D eigenvalue weighted by molar-refractivity contribution is -0.135. The SMILES string of the molecule is COc1ccc(OC(=O)CC2CCC(Nc3cc(NC4CC4)c4ncc(C(=O)Nc5ccncc5F)n4n3)CC2)cc1. The van der Waals surface area contributed by atoms with Gasteiger partial charge in [0.05, 0.1) is 30.9 Å². The van der Waals surface area contributed by atoms with E-state index in [-0.39, 0.29) is 29.3 Å². The molecule has 3 heterocycles. The van der Waals surface area contributed by atoms with Crippen LogP contribution in [-0.4, -0.2) is 50.7 Å². The summed E-state index contributed by atoms with van der Waals surface area (Å²) in [5, 5.41) is 14.3. The molecule has 0 saturated heterocycles. The first-order chi connectivity index (χ1) is 20.4. The molecule has 6 rings (SSSR count). The molecule has 3 aromatic heterocycles. The second kappa shape index (κ2) is 12.0. The fraction of sp³-hybridized carbons (Fsp3) is 0.367. The number of esters is 1. The van der Waals surface area contributed by atoms with Crippen molar-refractivity contribution in [2.75, 3.05) is 23.1 Å². The van der Waals surface area contributed by atoms with Crippen molar-refractivity contribution in [3.05, 3.63) is 66.5 Å². The van der Waals surface area contributed by atoms with Crippen molar-refractivity contribution in [3.8, 4) is 11.5 Å². The van der Waals surface area contributed by atoms with Crippen molar-refractivity contribution in [3.63, 3.8) is 0 Å². The van der Waals surface area contributed by atoms with Crippen LogP contribution in [0.5, 0.6) is 11.5 Å². The second-order valence-electron chi connectivity index (χ2n) is 10.8. The number of carbonyl (C=O) groups excluding carboxylic acids is 2. The molecule has 0 unspecified atom stereocenters. The van der Waals surface area contributed by atoms with E-state index in [9.17, 15) is 14.0 Å². The topological polar surface area (TPSA) is 132 Å². The first-order valence-electron chi connectivity index (χ1n) is 14.1. The maximum absolute atomic E-state index is 14.1. The largest absolute Gasteiger partial charge is 0.497 e. The van der Waals surface area contributed by atoms with Gasteiger partial charge in [0.25, 0.3) is 5.91 Å². The number of rotatable bonds is 10. The fourth-order valence-corrected chi connectivity index (χ4v) is 5.18. The van der Waals surface area contributed by atoms with E-state index >= 15 is 0 Å². The number of nitrogens with one attached hydrogen (secondary N) is 3. The molecule has 2 aliphatic rings. The molecule has 42 heavy (non-hydrogen) atoms. The second-order valence-corrected chi connectivity index (χ2v) is 10.8. The highest BCUT2D eigenvalue weighted by atomic mass is 19.1. The van der Waals surface area contributed by atoms with Gasteiger partial charge in [0.15, 0.2) is 17.2 Å². The number of nitrogens with zero attached hydrogens (tertiary/aromatic N) is 4. The van der Waals surface area contributed by atoms with E-state index in [1.54, 1.807) is 31.4 Å². The average Bonchev–Trinajstić information content (AvgIpc) is 3.70. The minimum atomic E-state index is -0.629. The maximum Gasteiger partial charge on any atom is 0.311 e. The number of hydrogen-bond acceptors (Lipinski definition) is 9. The molecule has 0 spiro atoms. The summed E-state index contributed by atoms with van der Waals surface area (Å²) in [7, 11) is 1.59. The quantitative estimate of drug-likeness (QED) is 0.176. The minimum absolute atomic E-state index is 0.0280. The number of pyridine rings is 1. The Kier molecular flexibility index (Phi) is 7.85. The molecular formula is C30H32FN7O4. The Bertz CT molecular complexity index is 1580. The molecule has 3 N–H and O–H groups in total. The number of carbonyl (C=O) groups is 2. The number of fused-ring (bicyclic) bond motifs is 1. The molecule has 0 aliphatic heterocycles. The molecule has 1 amide bonds. The Hall–Kier alpha value is -4.74. The Balaban J connectivity index is 1.10. The van der Waals surface area contributed by atoms with Crippen molar-refractivity contribution in [1.29, 1.82) is 0 Å². The summed E-state index contributed by atoms with van der Waals surface area (Å²) in [5.41, 5.74) is 1.51. The fourth-order valence-electron chi connectivity index (χ4n) is 5.18. The van der Waals surface area contributed by atoms with Crippen LogP contribution in [0.15, 0.2) is 55.0 Å². The highest BCUT2D eigenvalue weighted by molar-refractivity contribution is 6.03. The summed E-state index contributed by atoms with van der Waals surface area (Å²) >= 11 is 0. The number of benzene rings is 1. The third-order valence-electron chi connectivity index (χ3n) is 7.60. The molecule has 218 valence electrons. The lowest BCUT2D eigenvalue weighted by atomic mass is 9.84. The molecule has 12 heteroatoms. The highest BCUT2D eigenvalue weighted by Gasteiger charge is 2.27. The Labute approximate surface area is 241 Å². The zero-order chi connectivity index (χ0) is 29.1. The van der Waals surface area contributed by atoms with Gasteiger partial charge in [-0.2, -0.15) is 0 Å². The number of ether oxygens (including phenoxy) is 2. The van der Waals surface area contributed by atoms with Crippen LogP contribution in [0, 0.1) is 11.7 Å². The van der Waals surface area contributed by atoms with Crippen LogP contribution < -0.4 is 25.4 Å². The van der Waals surface area contributed by atoms with E-state index in [1.165, 1.54) is 23.0 Å². The lowest BCUT2D eigenvalue weighted by Crippen LogP contribution is -2.28. The third kappa shape index (κ3) is 6.42. The molecule has 1 aromatic carbocycles. The van der Waals surface area contributed by atoms with Crippen LogP contribution in [0.4, 0.5) is 21.6 Å². The van der Waals surface area contributed by atoms with Crippen LogP contribution in [-0.2, 0) is 4.79 Å². The summed E-state index contributed by atoms with van der Waals surface area (Å²) in [6.07, 6.45) is 9.87. The summed E-state index contributed by atoms with van der Waals surface area (Å²) in [6.45, 7) is 0. The number of methoxy groups -OCH3 is 1. The molecule has 0 radical (unpaired) electrons. The van der Waals surface area contributed by atoms with E-state index in [1.807, 2.05) is 6.07 Å². The van der Waals surface area contributed by atoms with Gasteiger partial charge >= 0.3 is 5.97 Å². The van der Waals surface area contributed by atoms with Gasteiger partial charge in [-0.3, -0.25) is 14.6 Å². The minimum Gasteiger partial charge on any atom is -0.497 e. The number of hydrogen-bond donors (Lipinski definition) is 3. The summed E-state index contributed by atoms with van der Waals surface area (Å²) in [5.74, 6) is 0.665. The molecule has 0 atom stereocenters. The summed E-state index contributed by atoms with van der Waals surface area (Å²) in [6, 6.07) is 10.8. The van der Waals surface area contributed by atoms with Gasteiger partial charge in [0, 0.05) is 30.8 Å². The molecule has 0 bridgehead atoms. The molecule has 2 aliphatic carbocycles. The zero-order valence-corrected chi connectivity index (χ0v) is 23.2. The van der Waals surface area contributed by atoms with Gasteiger partial charge in [-0.25, -0.2) is 13.9 Å². The van der Waals surface area contributed by atoms with E-state index in [2.05, 4.69) is 31.0 Å². The first kappa shape index (κ1) is 27.4. The Morgan fingerprint density at radius 2 is 1.67 bits per heavy atom. The third-order valence-corrected chi connectivity index (χ3v) is 7.60. The molecular weight excluding hydrogens is 541 g/mol. The van der Waals surface area contributed by atoms with Gasteiger partial charge in [0.2, 0.25) is 0 Å². The standard InChI is InChI=1S/C30H32FN7O4/c1-41-21-8-10-22(11-9-21)42-28(39)14-18-2-4-20(5-3-18)35-27-15-25(34-19-6-7-19)29-33-17-26(38(29)37-27)30(40)36-24-12-13-32-16-23(24)31/h8-13,15-20,34H,2-7,14H2,1H3,(H,35,37)(H,32,36,40). The van der Waals surface area contributed by atoms with Crippen LogP contribution in [0.3, 0.4) is 0 Å². The van der Waals surface area contributed by atoms with Gasteiger partial charge in [-0.05, 0) is 74.8 Å². The van der Waals surface area contributed by atoms with Gasteiger partial charge in [0.1, 0.15) is 17.3 Å². The van der Waals surface area contributed by atoms with Gasteiger partial charge < -0.3 is 25.4 Å². The monoisotopic (exact) mass is 573 g/mol. The number of imidazole rings is 1. The van der Waals surface area contributed by atoms with Crippen molar-refractivity contribution < 1.29 is 23.5 Å².